The van der Waals surface area contributed by atoms with Gasteiger partial charge in [0.05, 0.1) is 11.0 Å². The Morgan fingerprint density at radius 3 is 2.60 bits per heavy atom. The monoisotopic (exact) mass is 492 g/mol. The molecule has 1 unspecified atom stereocenters. The number of aliphatic hydroxyl groups is 1. The van der Waals surface area contributed by atoms with E-state index in [2.05, 4.69) is 0 Å². The van der Waals surface area contributed by atoms with E-state index in [0.717, 1.165) is 12.8 Å². The van der Waals surface area contributed by atoms with Crippen LogP contribution < -0.4 is 10.4 Å². The van der Waals surface area contributed by atoms with Crippen LogP contribution in [0.25, 0.3) is 11.0 Å². The molecule has 3 heterocycles. The lowest BCUT2D eigenvalue weighted by Gasteiger charge is -2.48. The predicted octanol–water partition coefficient (Wildman–Crippen LogP) is 2.81. The van der Waals surface area contributed by atoms with Gasteiger partial charge in [-0.2, -0.15) is 0 Å². The number of fused-ring (bicyclic) bond motifs is 1. The second-order valence-electron chi connectivity index (χ2n) is 9.49. The molecule has 4 rings (SSSR count). The van der Waals surface area contributed by atoms with Crippen molar-refractivity contribution in [3.63, 3.8) is 0 Å². The predicted molar refractivity (Wildman–Crippen MR) is 124 cm³/mol. The Morgan fingerprint density at radius 1 is 1.23 bits per heavy atom. The van der Waals surface area contributed by atoms with Gasteiger partial charge in [0.15, 0.2) is 18.2 Å². The van der Waals surface area contributed by atoms with E-state index in [-0.39, 0.29) is 16.7 Å². The summed E-state index contributed by atoms with van der Waals surface area (Å²) < 4.78 is 35.1. The fraction of sp³-hybridized carbons (Fsp3) is 0.600. The zero-order valence-electron chi connectivity index (χ0n) is 20.5. The Balaban J connectivity index is 1.70. The maximum atomic E-state index is 12.3. The molecule has 0 saturated carbocycles. The molecule has 0 amide bonds. The summed E-state index contributed by atoms with van der Waals surface area (Å²) in [5.74, 6) is -0.749. The Hall–Kier alpha value is -2.50. The van der Waals surface area contributed by atoms with Gasteiger partial charge in [-0.05, 0) is 59.1 Å². The first-order valence-electron chi connectivity index (χ1n) is 11.7. The summed E-state index contributed by atoms with van der Waals surface area (Å²) in [4.78, 5) is 24.1. The highest BCUT2D eigenvalue weighted by Gasteiger charge is 2.52. The number of Topliss-reactive ketones (excluding diaryl/α,β-unsaturated/α-hetero) is 1. The van der Waals surface area contributed by atoms with Gasteiger partial charge in [0.2, 0.25) is 6.29 Å². The zero-order chi connectivity index (χ0) is 25.5. The van der Waals surface area contributed by atoms with Crippen molar-refractivity contribution in [3.05, 3.63) is 33.7 Å². The van der Waals surface area contributed by atoms with Crippen LogP contribution in [0.15, 0.2) is 21.3 Å². The van der Waals surface area contributed by atoms with Gasteiger partial charge in [-0.15, -0.1) is 0 Å². The molecule has 1 aromatic carbocycles. The van der Waals surface area contributed by atoms with Crippen molar-refractivity contribution in [1.82, 2.24) is 0 Å². The lowest BCUT2D eigenvalue weighted by Crippen LogP contribution is -2.65. The van der Waals surface area contributed by atoms with E-state index >= 15 is 0 Å². The van der Waals surface area contributed by atoms with Gasteiger partial charge in [-0.25, -0.2) is 4.79 Å². The number of aryl methyl sites for hydroxylation is 1. The topological polar surface area (TPSA) is 134 Å². The highest BCUT2D eigenvalue weighted by molar-refractivity contribution is 6.02. The molecule has 2 aliphatic heterocycles. The third-order valence-electron chi connectivity index (χ3n) is 6.56. The summed E-state index contributed by atoms with van der Waals surface area (Å²) in [6, 6.07) is 3.06. The van der Waals surface area contributed by atoms with Gasteiger partial charge >= 0.3 is 5.63 Å². The summed E-state index contributed by atoms with van der Waals surface area (Å²) >= 11 is 0. The van der Waals surface area contributed by atoms with Crippen LogP contribution >= 0.6 is 0 Å². The molecular formula is C25H32O10. The van der Waals surface area contributed by atoms with Crippen LogP contribution in [0, 0.1) is 6.92 Å². The highest BCUT2D eigenvalue weighted by atomic mass is 16.7. The van der Waals surface area contributed by atoms with Gasteiger partial charge in [-0.1, -0.05) is 0 Å². The van der Waals surface area contributed by atoms with Gasteiger partial charge < -0.3 is 38.3 Å². The van der Waals surface area contributed by atoms with E-state index in [9.17, 15) is 19.8 Å². The lowest BCUT2D eigenvalue weighted by atomic mass is 9.89. The molecule has 2 aliphatic rings. The molecule has 0 spiro atoms. The number of aliphatic hydroxyl groups excluding tert-OH is 1. The van der Waals surface area contributed by atoms with E-state index in [4.69, 9.17) is 28.1 Å². The van der Waals surface area contributed by atoms with Crippen molar-refractivity contribution in [1.29, 1.82) is 0 Å². The van der Waals surface area contributed by atoms with Crippen LogP contribution in [-0.2, 0) is 18.9 Å². The van der Waals surface area contributed by atoms with Crippen molar-refractivity contribution >= 4 is 16.8 Å². The third kappa shape index (κ3) is 4.81. The summed E-state index contributed by atoms with van der Waals surface area (Å²) in [7, 11) is 1.49. The molecule has 0 bridgehead atoms. The minimum absolute atomic E-state index is 0.0773. The minimum Gasteiger partial charge on any atom is -0.506 e. The van der Waals surface area contributed by atoms with Crippen LogP contribution in [-0.4, -0.2) is 66.2 Å². The molecule has 2 aromatic rings. The first-order valence-corrected chi connectivity index (χ1v) is 11.7. The number of carbonyl (C=O) groups is 1. The summed E-state index contributed by atoms with van der Waals surface area (Å²) in [6.45, 7) is 6.95. The first kappa shape index (κ1) is 25.6. The first-order chi connectivity index (χ1) is 16.5. The molecule has 1 aromatic heterocycles. The van der Waals surface area contributed by atoms with Crippen LogP contribution in [0.4, 0.5) is 0 Å². The highest BCUT2D eigenvalue weighted by Crippen LogP contribution is 2.38. The van der Waals surface area contributed by atoms with Gasteiger partial charge in [0.25, 0.3) is 0 Å². The molecule has 0 aliphatic carbocycles. The van der Waals surface area contributed by atoms with Crippen LogP contribution in [0.3, 0.4) is 0 Å². The maximum Gasteiger partial charge on any atom is 0.351 e. The fourth-order valence-electron chi connectivity index (χ4n) is 4.76. The number of hydrogen-bond donors (Lipinski definition) is 2. The Kier molecular flexibility index (Phi) is 7.21. The van der Waals surface area contributed by atoms with E-state index < -0.39 is 59.2 Å². The molecule has 10 heteroatoms. The smallest absolute Gasteiger partial charge is 0.351 e. The molecule has 10 nitrogen and oxygen atoms in total. The Morgan fingerprint density at radius 2 is 1.97 bits per heavy atom. The summed E-state index contributed by atoms with van der Waals surface area (Å²) in [5.41, 5.74) is -1.78. The van der Waals surface area contributed by atoms with Gasteiger partial charge in [-0.3, -0.25) is 4.79 Å². The second kappa shape index (κ2) is 9.87. The van der Waals surface area contributed by atoms with Crippen molar-refractivity contribution in [2.45, 2.75) is 83.5 Å². The van der Waals surface area contributed by atoms with Crippen LogP contribution in [0.2, 0.25) is 0 Å². The molecule has 2 saturated heterocycles. The molecule has 192 valence electrons. The molecule has 2 N–H and O–H groups in total. The fourth-order valence-corrected chi connectivity index (χ4v) is 4.76. The van der Waals surface area contributed by atoms with Crippen molar-refractivity contribution in [2.24, 2.45) is 0 Å². The number of benzene rings is 1. The zero-order valence-corrected chi connectivity index (χ0v) is 20.5. The molecular weight excluding hydrogens is 460 g/mol. The average molecular weight is 493 g/mol. The number of ketones is 1. The minimum atomic E-state index is -1.08. The van der Waals surface area contributed by atoms with Crippen molar-refractivity contribution in [2.75, 3.05) is 13.7 Å². The maximum absolute atomic E-state index is 12.3. The number of methoxy groups -OCH3 is 1. The Bertz CT molecular complexity index is 1150. The van der Waals surface area contributed by atoms with Crippen LogP contribution in [0.1, 0.15) is 56.0 Å². The molecule has 0 radical (unpaired) electrons. The number of hydrogen-bond acceptors (Lipinski definition) is 10. The van der Waals surface area contributed by atoms with Gasteiger partial charge in [0, 0.05) is 19.3 Å². The normalized spacial score (nSPS) is 28.7. The number of aromatic hydroxyl groups is 1. The summed E-state index contributed by atoms with van der Waals surface area (Å²) in [5, 5.41) is 21.8. The molecule has 35 heavy (non-hydrogen) atoms. The molecule has 5 atom stereocenters. The number of rotatable bonds is 6. The van der Waals surface area contributed by atoms with E-state index in [1.807, 2.05) is 0 Å². The van der Waals surface area contributed by atoms with E-state index in [0.29, 0.717) is 18.6 Å². The van der Waals surface area contributed by atoms with E-state index in [1.54, 1.807) is 26.8 Å². The van der Waals surface area contributed by atoms with Crippen LogP contribution in [0.5, 0.6) is 11.5 Å². The summed E-state index contributed by atoms with van der Waals surface area (Å²) in [6.07, 6.45) is -1.72. The van der Waals surface area contributed by atoms with Crippen molar-refractivity contribution < 1.29 is 43.1 Å². The molecule has 2 fully saturated rings. The third-order valence-corrected chi connectivity index (χ3v) is 6.56. The quantitative estimate of drug-likeness (QED) is 0.458. The Labute approximate surface area is 202 Å². The SMILES string of the molecule is CO[C@@H]1[C@@H](O)[C@@H](OC2CCCCO2)[C@H](Oc2ccc3c(O)c(C(C)=O)c(=O)oc3c2C)OC1(C)C. The lowest BCUT2D eigenvalue weighted by molar-refractivity contribution is -0.339. The standard InChI is InChI=1S/C25H32O10/c1-12-15(10-9-14-18(27)17(13(2)26)23(29)34-20(12)14)32-24-21(33-16-8-6-7-11-31-16)19(28)22(30-5)25(3,4)35-24/h9-10,16,19,21-22,24,27-28H,6-8,11H2,1-5H3/t16?,19-,21+,22+,24+/m0/s1. The van der Waals surface area contributed by atoms with Gasteiger partial charge in [0.1, 0.15) is 34.9 Å². The second-order valence-corrected chi connectivity index (χ2v) is 9.49. The number of ether oxygens (including phenoxy) is 5. The number of carbonyl (C=O) groups excluding carboxylic acids is 1. The van der Waals surface area contributed by atoms with E-state index in [1.165, 1.54) is 20.1 Å². The average Bonchev–Trinajstić information content (AvgIpc) is 2.79. The largest absolute Gasteiger partial charge is 0.506 e. The van der Waals surface area contributed by atoms with Crippen molar-refractivity contribution in [3.8, 4) is 11.5 Å².